The number of carbonyl (C=O) groups excluding carboxylic acids is 2. The van der Waals surface area contributed by atoms with Gasteiger partial charge in [-0.05, 0) is 37.8 Å². The maximum Gasteiger partial charge on any atom is 0.250 e. The number of hydrogen-bond donors (Lipinski definition) is 1. The van der Waals surface area contributed by atoms with E-state index in [1.54, 1.807) is 0 Å². The van der Waals surface area contributed by atoms with Crippen molar-refractivity contribution >= 4 is 17.5 Å². The van der Waals surface area contributed by atoms with E-state index in [1.165, 1.54) is 13.0 Å². The molecular formula is C14H14F2N2O2. The van der Waals surface area contributed by atoms with Crippen molar-refractivity contribution in [1.82, 2.24) is 5.32 Å². The zero-order valence-electron chi connectivity index (χ0n) is 10.9. The minimum atomic E-state index is -0.838. The van der Waals surface area contributed by atoms with Gasteiger partial charge in [-0.15, -0.1) is 0 Å². The molecule has 1 aromatic carbocycles. The highest BCUT2D eigenvalue weighted by Gasteiger charge is 2.46. The summed E-state index contributed by atoms with van der Waals surface area (Å²) in [5.74, 6) is -2.07. The second-order valence-electron chi connectivity index (χ2n) is 5.30. The Kier molecular flexibility index (Phi) is 2.96. The van der Waals surface area contributed by atoms with Crippen LogP contribution in [0.5, 0.6) is 0 Å². The third kappa shape index (κ3) is 2.05. The van der Waals surface area contributed by atoms with Crippen molar-refractivity contribution in [1.29, 1.82) is 0 Å². The average Bonchev–Trinajstić information content (AvgIpc) is 3.21. The summed E-state index contributed by atoms with van der Waals surface area (Å²) < 4.78 is 26.9. The van der Waals surface area contributed by atoms with Gasteiger partial charge in [-0.1, -0.05) is 0 Å². The molecule has 6 heteroatoms. The molecule has 0 radical (unpaired) electrons. The van der Waals surface area contributed by atoms with Gasteiger partial charge in [-0.2, -0.15) is 0 Å². The van der Waals surface area contributed by atoms with Gasteiger partial charge in [0.05, 0.1) is 5.69 Å². The fourth-order valence-electron chi connectivity index (χ4n) is 2.55. The standard InChI is InChI=1S/C14H14F2N2O2/c1-7-13(19)17-12(8-2-3-8)14(20)18(7)11-5-4-9(15)6-10(11)16/h4-8,12H,2-3H2,1H3,(H,17,19). The lowest BCUT2D eigenvalue weighted by atomic mass is 10.0. The predicted octanol–water partition coefficient (Wildman–Crippen LogP) is 1.59. The molecule has 1 saturated heterocycles. The van der Waals surface area contributed by atoms with Crippen molar-refractivity contribution in [3.05, 3.63) is 29.8 Å². The molecule has 0 spiro atoms. The summed E-state index contributed by atoms with van der Waals surface area (Å²) in [6, 6.07) is 1.59. The van der Waals surface area contributed by atoms with Crippen molar-refractivity contribution < 1.29 is 18.4 Å². The minimum Gasteiger partial charge on any atom is -0.342 e. The number of halogens is 2. The van der Waals surface area contributed by atoms with Gasteiger partial charge < -0.3 is 5.32 Å². The van der Waals surface area contributed by atoms with E-state index >= 15 is 0 Å². The van der Waals surface area contributed by atoms with Crippen LogP contribution in [-0.4, -0.2) is 23.9 Å². The molecule has 2 fully saturated rings. The molecule has 0 aromatic heterocycles. The molecule has 1 aliphatic carbocycles. The van der Waals surface area contributed by atoms with Gasteiger partial charge in [0.15, 0.2) is 0 Å². The molecule has 20 heavy (non-hydrogen) atoms. The zero-order valence-corrected chi connectivity index (χ0v) is 10.9. The summed E-state index contributed by atoms with van der Waals surface area (Å²) in [7, 11) is 0. The third-order valence-corrected chi connectivity index (χ3v) is 3.83. The van der Waals surface area contributed by atoms with Crippen LogP contribution in [0.1, 0.15) is 19.8 Å². The Morgan fingerprint density at radius 1 is 1.25 bits per heavy atom. The summed E-state index contributed by atoms with van der Waals surface area (Å²) in [4.78, 5) is 25.5. The number of anilines is 1. The lowest BCUT2D eigenvalue weighted by Crippen LogP contribution is -2.63. The molecule has 1 N–H and O–H groups in total. The molecule has 1 saturated carbocycles. The number of carbonyl (C=O) groups is 2. The Labute approximate surface area is 114 Å². The molecule has 2 atom stereocenters. The Morgan fingerprint density at radius 2 is 1.95 bits per heavy atom. The van der Waals surface area contributed by atoms with Crippen molar-refractivity contribution in [3.8, 4) is 0 Å². The molecule has 1 aliphatic heterocycles. The molecule has 0 bridgehead atoms. The summed E-state index contributed by atoms with van der Waals surface area (Å²) >= 11 is 0. The SMILES string of the molecule is CC1C(=O)NC(C2CC2)C(=O)N1c1ccc(F)cc1F. The zero-order chi connectivity index (χ0) is 14.4. The largest absolute Gasteiger partial charge is 0.342 e. The maximum absolute atomic E-state index is 13.9. The smallest absolute Gasteiger partial charge is 0.250 e. The average molecular weight is 280 g/mol. The first-order valence-corrected chi connectivity index (χ1v) is 6.57. The van der Waals surface area contributed by atoms with Crippen molar-refractivity contribution in [2.45, 2.75) is 31.8 Å². The second-order valence-corrected chi connectivity index (χ2v) is 5.30. The second kappa shape index (κ2) is 4.54. The lowest BCUT2D eigenvalue weighted by molar-refractivity contribution is -0.134. The van der Waals surface area contributed by atoms with Gasteiger partial charge in [-0.25, -0.2) is 8.78 Å². The number of nitrogens with one attached hydrogen (secondary N) is 1. The minimum absolute atomic E-state index is 0.0515. The van der Waals surface area contributed by atoms with Crippen molar-refractivity contribution in [2.75, 3.05) is 4.90 Å². The molecule has 106 valence electrons. The molecule has 1 heterocycles. The molecule has 2 amide bonds. The van der Waals surface area contributed by atoms with Gasteiger partial charge in [0.2, 0.25) is 5.91 Å². The summed E-state index contributed by atoms with van der Waals surface area (Å²) in [5, 5.41) is 2.68. The van der Waals surface area contributed by atoms with E-state index in [9.17, 15) is 18.4 Å². The van der Waals surface area contributed by atoms with Crippen LogP contribution < -0.4 is 10.2 Å². The van der Waals surface area contributed by atoms with E-state index in [-0.39, 0.29) is 23.4 Å². The highest BCUT2D eigenvalue weighted by molar-refractivity contribution is 6.08. The van der Waals surface area contributed by atoms with Crippen LogP contribution in [0, 0.1) is 17.6 Å². The lowest BCUT2D eigenvalue weighted by Gasteiger charge is -2.37. The van der Waals surface area contributed by atoms with E-state index in [0.717, 1.165) is 23.8 Å². The van der Waals surface area contributed by atoms with E-state index in [0.29, 0.717) is 6.07 Å². The van der Waals surface area contributed by atoms with E-state index in [2.05, 4.69) is 5.32 Å². The number of benzene rings is 1. The Hall–Kier alpha value is -1.98. The van der Waals surface area contributed by atoms with Crippen LogP contribution in [0.15, 0.2) is 18.2 Å². The topological polar surface area (TPSA) is 49.4 Å². The van der Waals surface area contributed by atoms with Crippen LogP contribution in [0.3, 0.4) is 0 Å². The first-order chi connectivity index (χ1) is 9.49. The summed E-state index contributed by atoms with van der Waals surface area (Å²) in [5.41, 5.74) is -0.0515. The summed E-state index contributed by atoms with van der Waals surface area (Å²) in [6.45, 7) is 1.53. The van der Waals surface area contributed by atoms with Gasteiger partial charge in [-0.3, -0.25) is 14.5 Å². The number of amides is 2. The molecule has 1 aromatic rings. The number of nitrogens with zero attached hydrogens (tertiary/aromatic N) is 1. The van der Waals surface area contributed by atoms with E-state index < -0.39 is 23.7 Å². The molecule has 4 nitrogen and oxygen atoms in total. The first-order valence-electron chi connectivity index (χ1n) is 6.57. The monoisotopic (exact) mass is 280 g/mol. The maximum atomic E-state index is 13.9. The number of piperazine rings is 1. The first kappa shape index (κ1) is 13.0. The van der Waals surface area contributed by atoms with E-state index in [1.807, 2.05) is 0 Å². The van der Waals surface area contributed by atoms with Crippen LogP contribution in [0.25, 0.3) is 0 Å². The van der Waals surface area contributed by atoms with Crippen molar-refractivity contribution in [2.24, 2.45) is 5.92 Å². The van der Waals surface area contributed by atoms with Gasteiger partial charge in [0, 0.05) is 6.07 Å². The van der Waals surface area contributed by atoms with Crippen molar-refractivity contribution in [3.63, 3.8) is 0 Å². The van der Waals surface area contributed by atoms with Crippen LogP contribution in [-0.2, 0) is 9.59 Å². The van der Waals surface area contributed by atoms with Gasteiger partial charge in [0.1, 0.15) is 23.7 Å². The predicted molar refractivity (Wildman–Crippen MR) is 68.0 cm³/mol. The molecular weight excluding hydrogens is 266 g/mol. The molecule has 3 rings (SSSR count). The number of rotatable bonds is 2. The fraction of sp³-hybridized carbons (Fsp3) is 0.429. The highest BCUT2D eigenvalue weighted by atomic mass is 19.1. The molecule has 2 aliphatic rings. The Morgan fingerprint density at radius 3 is 2.55 bits per heavy atom. The fourth-order valence-corrected chi connectivity index (χ4v) is 2.55. The van der Waals surface area contributed by atoms with E-state index in [4.69, 9.17) is 0 Å². The van der Waals surface area contributed by atoms with Crippen LogP contribution in [0.4, 0.5) is 14.5 Å². The summed E-state index contributed by atoms with van der Waals surface area (Å²) in [6.07, 6.45) is 1.76. The Bertz CT molecular complexity index is 587. The Balaban J connectivity index is 1.99. The normalized spacial score (nSPS) is 26.6. The van der Waals surface area contributed by atoms with Crippen LogP contribution >= 0.6 is 0 Å². The van der Waals surface area contributed by atoms with Gasteiger partial charge in [0.25, 0.3) is 5.91 Å². The number of hydrogen-bond acceptors (Lipinski definition) is 2. The third-order valence-electron chi connectivity index (χ3n) is 3.83. The molecule has 2 unspecified atom stereocenters. The highest BCUT2D eigenvalue weighted by Crippen LogP contribution is 2.36. The van der Waals surface area contributed by atoms with Gasteiger partial charge >= 0.3 is 0 Å². The quantitative estimate of drug-likeness (QED) is 0.894. The van der Waals surface area contributed by atoms with Crippen LogP contribution in [0.2, 0.25) is 0 Å².